The summed E-state index contributed by atoms with van der Waals surface area (Å²) in [5.41, 5.74) is 2.84. The molecule has 1 aliphatic heterocycles. The number of benzene rings is 2. The van der Waals surface area contributed by atoms with E-state index in [0.717, 1.165) is 42.0 Å². The van der Waals surface area contributed by atoms with Crippen LogP contribution in [-0.4, -0.2) is 24.2 Å². The molecule has 0 saturated carbocycles. The second-order valence-electron chi connectivity index (χ2n) is 5.84. The van der Waals surface area contributed by atoms with Gasteiger partial charge in [-0.05, 0) is 37.6 Å². The van der Waals surface area contributed by atoms with E-state index >= 15 is 0 Å². The van der Waals surface area contributed by atoms with E-state index in [2.05, 4.69) is 10.6 Å². The maximum atomic E-state index is 11.4. The highest BCUT2D eigenvalue weighted by Gasteiger charge is 2.17. The van der Waals surface area contributed by atoms with Crippen molar-refractivity contribution in [2.45, 2.75) is 25.8 Å². The van der Waals surface area contributed by atoms with E-state index in [1.54, 1.807) is 6.07 Å². The molecule has 1 amide bonds. The molecule has 0 spiro atoms. The molecule has 0 bridgehead atoms. The summed E-state index contributed by atoms with van der Waals surface area (Å²) < 4.78 is 5.87. The third-order valence-electron chi connectivity index (χ3n) is 4.07. The van der Waals surface area contributed by atoms with Crippen LogP contribution in [0.15, 0.2) is 42.5 Å². The molecule has 5 nitrogen and oxygen atoms in total. The number of rotatable bonds is 7. The van der Waals surface area contributed by atoms with E-state index in [0.29, 0.717) is 25.3 Å². The van der Waals surface area contributed by atoms with Crippen LogP contribution in [0.5, 0.6) is 11.5 Å². The number of nitrogens with one attached hydrogen (secondary N) is 2. The minimum atomic E-state index is 0.0630. The van der Waals surface area contributed by atoms with Gasteiger partial charge in [0.05, 0.1) is 6.61 Å². The molecule has 3 rings (SSSR count). The smallest absolute Gasteiger partial charge is 0.224 e. The number of para-hydroxylation sites is 1. The number of ether oxygens (including phenoxy) is 1. The number of phenols is 1. The highest BCUT2D eigenvalue weighted by atomic mass is 16.5. The van der Waals surface area contributed by atoms with Crippen LogP contribution in [0, 0.1) is 0 Å². The number of amides is 1. The summed E-state index contributed by atoms with van der Waals surface area (Å²) in [6.45, 7) is 2.05. The van der Waals surface area contributed by atoms with Crippen LogP contribution in [0.2, 0.25) is 0 Å². The van der Waals surface area contributed by atoms with Crippen molar-refractivity contribution in [1.82, 2.24) is 5.32 Å². The van der Waals surface area contributed by atoms with Crippen molar-refractivity contribution in [3.8, 4) is 11.5 Å². The fourth-order valence-electron chi connectivity index (χ4n) is 2.79. The Morgan fingerprint density at radius 1 is 1.12 bits per heavy atom. The summed E-state index contributed by atoms with van der Waals surface area (Å²) in [5, 5.41) is 15.9. The van der Waals surface area contributed by atoms with Crippen LogP contribution in [-0.2, 0) is 17.8 Å². The Hall–Kier alpha value is -2.53. The average Bonchev–Trinajstić information content (AvgIpc) is 2.59. The number of fused-ring (bicyclic) bond motifs is 1. The molecule has 2 aromatic rings. The van der Waals surface area contributed by atoms with Crippen molar-refractivity contribution in [2.24, 2.45) is 0 Å². The van der Waals surface area contributed by atoms with Crippen LogP contribution in [0.1, 0.15) is 24.0 Å². The van der Waals surface area contributed by atoms with Gasteiger partial charge in [0.15, 0.2) is 0 Å². The monoisotopic (exact) mass is 326 g/mol. The fraction of sp³-hybridized carbons (Fsp3) is 0.316. The highest BCUT2D eigenvalue weighted by Crippen LogP contribution is 2.31. The van der Waals surface area contributed by atoms with Crippen LogP contribution in [0.4, 0.5) is 5.69 Å². The van der Waals surface area contributed by atoms with Gasteiger partial charge in [-0.15, -0.1) is 0 Å². The first-order chi connectivity index (χ1) is 11.7. The van der Waals surface area contributed by atoms with Crippen LogP contribution >= 0.6 is 0 Å². The van der Waals surface area contributed by atoms with Crippen LogP contribution < -0.4 is 15.4 Å². The standard InChI is InChI=1S/C19H22N2O3/c22-17-7-2-1-5-14(17)13-20-11-4-12-24-18-8-3-6-16-15(18)9-10-19(23)21-16/h1-3,5-8,20,22H,4,9-13H2,(H,21,23). The Kier molecular flexibility index (Phi) is 5.33. The lowest BCUT2D eigenvalue weighted by atomic mass is 10.0. The summed E-state index contributed by atoms with van der Waals surface area (Å²) in [6, 6.07) is 13.1. The molecule has 3 N–H and O–H groups in total. The van der Waals surface area contributed by atoms with Crippen molar-refractivity contribution in [2.75, 3.05) is 18.5 Å². The van der Waals surface area contributed by atoms with E-state index in [1.807, 2.05) is 36.4 Å². The number of hydrogen-bond donors (Lipinski definition) is 3. The summed E-state index contributed by atoms with van der Waals surface area (Å²) in [5.74, 6) is 1.24. The second-order valence-corrected chi connectivity index (χ2v) is 5.84. The predicted octanol–water partition coefficient (Wildman–Crippen LogP) is 2.84. The van der Waals surface area contributed by atoms with Gasteiger partial charge in [-0.1, -0.05) is 24.3 Å². The zero-order valence-corrected chi connectivity index (χ0v) is 13.5. The Balaban J connectivity index is 1.42. The van der Waals surface area contributed by atoms with E-state index in [-0.39, 0.29) is 5.91 Å². The van der Waals surface area contributed by atoms with E-state index in [9.17, 15) is 9.90 Å². The van der Waals surface area contributed by atoms with Gasteiger partial charge >= 0.3 is 0 Å². The molecule has 0 fully saturated rings. The van der Waals surface area contributed by atoms with Gasteiger partial charge in [0.25, 0.3) is 0 Å². The van der Waals surface area contributed by atoms with Crippen molar-refractivity contribution in [3.63, 3.8) is 0 Å². The van der Waals surface area contributed by atoms with Gasteiger partial charge in [-0.3, -0.25) is 4.79 Å². The largest absolute Gasteiger partial charge is 0.508 e. The SMILES string of the molecule is O=C1CCc2c(cccc2OCCCNCc2ccccc2O)N1. The normalized spacial score (nSPS) is 13.2. The summed E-state index contributed by atoms with van der Waals surface area (Å²) in [6.07, 6.45) is 2.10. The van der Waals surface area contributed by atoms with Crippen molar-refractivity contribution in [1.29, 1.82) is 0 Å². The molecule has 24 heavy (non-hydrogen) atoms. The first-order valence-electron chi connectivity index (χ1n) is 8.26. The molecular weight excluding hydrogens is 304 g/mol. The lowest BCUT2D eigenvalue weighted by molar-refractivity contribution is -0.116. The molecule has 1 aliphatic rings. The summed E-state index contributed by atoms with van der Waals surface area (Å²) in [7, 11) is 0. The zero-order valence-electron chi connectivity index (χ0n) is 13.5. The molecule has 0 saturated heterocycles. The van der Waals surface area contributed by atoms with E-state index in [4.69, 9.17) is 4.74 Å². The zero-order chi connectivity index (χ0) is 16.8. The molecule has 1 heterocycles. The number of carbonyl (C=O) groups excluding carboxylic acids is 1. The molecule has 0 radical (unpaired) electrons. The number of anilines is 1. The summed E-state index contributed by atoms with van der Waals surface area (Å²) >= 11 is 0. The number of aromatic hydroxyl groups is 1. The third kappa shape index (κ3) is 4.06. The second kappa shape index (κ2) is 7.84. The number of phenolic OH excluding ortho intramolecular Hbond substituents is 1. The first-order valence-corrected chi connectivity index (χ1v) is 8.26. The summed E-state index contributed by atoms with van der Waals surface area (Å²) in [4.78, 5) is 11.4. The van der Waals surface area contributed by atoms with E-state index in [1.165, 1.54) is 0 Å². The number of carbonyl (C=O) groups is 1. The highest BCUT2D eigenvalue weighted by molar-refractivity contribution is 5.94. The lowest BCUT2D eigenvalue weighted by Crippen LogP contribution is -2.20. The van der Waals surface area contributed by atoms with Crippen molar-refractivity contribution in [3.05, 3.63) is 53.6 Å². The van der Waals surface area contributed by atoms with Crippen molar-refractivity contribution >= 4 is 11.6 Å². The van der Waals surface area contributed by atoms with Crippen LogP contribution in [0.3, 0.4) is 0 Å². The Labute approximate surface area is 141 Å². The number of hydrogen-bond acceptors (Lipinski definition) is 4. The molecule has 0 aliphatic carbocycles. The molecule has 0 unspecified atom stereocenters. The Bertz CT molecular complexity index is 716. The predicted molar refractivity (Wildman–Crippen MR) is 93.3 cm³/mol. The minimum absolute atomic E-state index is 0.0630. The average molecular weight is 326 g/mol. The minimum Gasteiger partial charge on any atom is -0.508 e. The third-order valence-corrected chi connectivity index (χ3v) is 4.07. The molecule has 0 aromatic heterocycles. The van der Waals surface area contributed by atoms with Gasteiger partial charge < -0.3 is 20.5 Å². The van der Waals surface area contributed by atoms with Crippen molar-refractivity contribution < 1.29 is 14.6 Å². The quantitative estimate of drug-likeness (QED) is 0.684. The lowest BCUT2D eigenvalue weighted by Gasteiger charge is -2.20. The molecular formula is C19H22N2O3. The topological polar surface area (TPSA) is 70.6 Å². The molecule has 0 atom stereocenters. The van der Waals surface area contributed by atoms with E-state index < -0.39 is 0 Å². The Morgan fingerprint density at radius 3 is 2.88 bits per heavy atom. The van der Waals surface area contributed by atoms with Gasteiger partial charge in [0, 0.05) is 29.8 Å². The van der Waals surface area contributed by atoms with Gasteiger partial charge in [0.2, 0.25) is 5.91 Å². The fourth-order valence-corrected chi connectivity index (χ4v) is 2.79. The molecule has 126 valence electrons. The molecule has 2 aromatic carbocycles. The van der Waals surface area contributed by atoms with Gasteiger partial charge in [-0.2, -0.15) is 0 Å². The van der Waals surface area contributed by atoms with Gasteiger partial charge in [-0.25, -0.2) is 0 Å². The maximum Gasteiger partial charge on any atom is 0.224 e. The van der Waals surface area contributed by atoms with Crippen LogP contribution in [0.25, 0.3) is 0 Å². The first kappa shape index (κ1) is 16.3. The molecule has 5 heteroatoms. The Morgan fingerprint density at radius 2 is 2.00 bits per heavy atom. The van der Waals surface area contributed by atoms with Gasteiger partial charge in [0.1, 0.15) is 11.5 Å². The maximum absolute atomic E-state index is 11.4.